The van der Waals surface area contributed by atoms with Gasteiger partial charge in [0.05, 0.1) is 11.8 Å². The summed E-state index contributed by atoms with van der Waals surface area (Å²) < 4.78 is 5.34. The minimum atomic E-state index is 0.0583. The van der Waals surface area contributed by atoms with Crippen LogP contribution in [0.15, 0.2) is 34.9 Å². The number of rotatable bonds is 5. The molecule has 0 aliphatic carbocycles. The van der Waals surface area contributed by atoms with Crippen LogP contribution < -0.4 is 0 Å². The molecular weight excluding hydrogens is 236 g/mol. The summed E-state index contributed by atoms with van der Waals surface area (Å²) in [5.74, 6) is 0.825. The largest absolute Gasteiger partial charge is 0.469 e. The number of hydrogen-bond acceptors (Lipinski definition) is 2. The van der Waals surface area contributed by atoms with Crippen molar-refractivity contribution in [2.45, 2.75) is 40.0 Å². The van der Waals surface area contributed by atoms with E-state index in [9.17, 15) is 4.79 Å². The van der Waals surface area contributed by atoms with Gasteiger partial charge in [0, 0.05) is 12.0 Å². The van der Waals surface area contributed by atoms with Gasteiger partial charge in [-0.2, -0.15) is 0 Å². The Hall–Kier alpha value is -1.83. The maximum atomic E-state index is 12.5. The van der Waals surface area contributed by atoms with Gasteiger partial charge in [-0.05, 0) is 36.1 Å². The average molecular weight is 256 g/mol. The summed E-state index contributed by atoms with van der Waals surface area (Å²) in [5.41, 5.74) is 4.02. The van der Waals surface area contributed by atoms with Gasteiger partial charge >= 0.3 is 0 Å². The first-order valence-electron chi connectivity index (χ1n) is 6.94. The predicted octanol–water partition coefficient (Wildman–Crippen LogP) is 4.20. The molecule has 0 unspecified atom stereocenters. The van der Waals surface area contributed by atoms with Crippen LogP contribution in [0.3, 0.4) is 0 Å². The number of carbonyl (C=O) groups is 1. The molecular formula is C17H20O2. The molecule has 0 radical (unpaired) electrons. The topological polar surface area (TPSA) is 30.2 Å². The zero-order chi connectivity index (χ0) is 13.8. The summed E-state index contributed by atoms with van der Waals surface area (Å²) >= 11 is 0. The van der Waals surface area contributed by atoms with Gasteiger partial charge in [-0.3, -0.25) is 4.79 Å². The second-order valence-corrected chi connectivity index (χ2v) is 4.63. The molecule has 0 atom stereocenters. The zero-order valence-electron chi connectivity index (χ0n) is 11.8. The van der Waals surface area contributed by atoms with Crippen molar-refractivity contribution in [3.05, 3.63) is 58.5 Å². The Morgan fingerprint density at radius 2 is 1.74 bits per heavy atom. The van der Waals surface area contributed by atoms with Gasteiger partial charge in [-0.1, -0.05) is 32.9 Å². The van der Waals surface area contributed by atoms with E-state index in [-0.39, 0.29) is 5.78 Å². The lowest BCUT2D eigenvalue weighted by Gasteiger charge is -2.08. The molecule has 0 aliphatic heterocycles. The van der Waals surface area contributed by atoms with Crippen LogP contribution in [0.4, 0.5) is 0 Å². The van der Waals surface area contributed by atoms with Gasteiger partial charge < -0.3 is 4.42 Å². The third-order valence-corrected chi connectivity index (χ3v) is 3.54. The van der Waals surface area contributed by atoms with E-state index in [0.29, 0.717) is 5.56 Å². The molecule has 1 aromatic carbocycles. The predicted molar refractivity (Wildman–Crippen MR) is 76.7 cm³/mol. The molecule has 2 aromatic rings. The summed E-state index contributed by atoms with van der Waals surface area (Å²) in [4.78, 5) is 12.5. The van der Waals surface area contributed by atoms with Crippen LogP contribution in [-0.4, -0.2) is 5.78 Å². The van der Waals surface area contributed by atoms with Crippen molar-refractivity contribution in [1.29, 1.82) is 0 Å². The second kappa shape index (κ2) is 5.87. The quantitative estimate of drug-likeness (QED) is 0.750. The fourth-order valence-corrected chi connectivity index (χ4v) is 2.41. The van der Waals surface area contributed by atoms with Crippen molar-refractivity contribution in [3.8, 4) is 0 Å². The van der Waals surface area contributed by atoms with Crippen molar-refractivity contribution in [2.24, 2.45) is 0 Å². The molecule has 0 aliphatic rings. The molecule has 0 bridgehead atoms. The number of furan rings is 1. The third-order valence-electron chi connectivity index (χ3n) is 3.54. The molecule has 100 valence electrons. The van der Waals surface area contributed by atoms with Crippen LogP contribution in [0, 0.1) is 0 Å². The highest BCUT2D eigenvalue weighted by atomic mass is 16.3. The fraction of sp³-hybridized carbons (Fsp3) is 0.353. The average Bonchev–Trinajstić information content (AvgIpc) is 2.94. The van der Waals surface area contributed by atoms with Crippen molar-refractivity contribution < 1.29 is 9.21 Å². The Bertz CT molecular complexity index is 579. The summed E-state index contributed by atoms with van der Waals surface area (Å²) in [5, 5.41) is 0. The van der Waals surface area contributed by atoms with Crippen LogP contribution in [0.5, 0.6) is 0 Å². The molecule has 0 N–H and O–H groups in total. The Labute approximate surface area is 114 Å². The summed E-state index contributed by atoms with van der Waals surface area (Å²) in [7, 11) is 0. The third kappa shape index (κ3) is 2.62. The number of ketones is 1. The van der Waals surface area contributed by atoms with E-state index in [0.717, 1.165) is 30.6 Å². The Kier molecular flexibility index (Phi) is 4.20. The van der Waals surface area contributed by atoms with E-state index >= 15 is 0 Å². The lowest BCUT2D eigenvalue weighted by atomic mass is 9.96. The second-order valence-electron chi connectivity index (χ2n) is 4.63. The lowest BCUT2D eigenvalue weighted by molar-refractivity contribution is 0.103. The Morgan fingerprint density at radius 1 is 1.00 bits per heavy atom. The first-order valence-corrected chi connectivity index (χ1v) is 6.94. The minimum Gasteiger partial charge on any atom is -0.469 e. The molecule has 1 heterocycles. The van der Waals surface area contributed by atoms with Crippen molar-refractivity contribution in [2.75, 3.05) is 0 Å². The van der Waals surface area contributed by atoms with Crippen molar-refractivity contribution in [3.63, 3.8) is 0 Å². The SMILES string of the molecule is CCc1ccc(C(=O)c2ccoc2CC)cc1CC. The van der Waals surface area contributed by atoms with E-state index in [1.807, 2.05) is 19.1 Å². The maximum Gasteiger partial charge on any atom is 0.196 e. The molecule has 19 heavy (non-hydrogen) atoms. The first-order chi connectivity index (χ1) is 9.21. The molecule has 0 saturated carbocycles. The molecule has 0 amide bonds. The highest BCUT2D eigenvalue weighted by Gasteiger charge is 2.16. The summed E-state index contributed by atoms with van der Waals surface area (Å²) in [6, 6.07) is 7.78. The van der Waals surface area contributed by atoms with Gasteiger partial charge in [0.2, 0.25) is 0 Å². The number of carbonyl (C=O) groups excluding carboxylic acids is 1. The van der Waals surface area contributed by atoms with Gasteiger partial charge in [-0.25, -0.2) is 0 Å². The van der Waals surface area contributed by atoms with Crippen molar-refractivity contribution >= 4 is 5.78 Å². The molecule has 0 fully saturated rings. The highest BCUT2D eigenvalue weighted by molar-refractivity contribution is 6.09. The molecule has 0 saturated heterocycles. The van der Waals surface area contributed by atoms with E-state index in [2.05, 4.69) is 19.9 Å². The molecule has 2 heteroatoms. The van der Waals surface area contributed by atoms with Gasteiger partial charge in [-0.15, -0.1) is 0 Å². The van der Waals surface area contributed by atoms with Crippen LogP contribution in [0.2, 0.25) is 0 Å². The van der Waals surface area contributed by atoms with E-state index in [4.69, 9.17) is 4.42 Å². The maximum absolute atomic E-state index is 12.5. The van der Waals surface area contributed by atoms with Crippen LogP contribution in [0.25, 0.3) is 0 Å². The molecule has 1 aromatic heterocycles. The summed E-state index contributed by atoms with van der Waals surface area (Å²) in [6.45, 7) is 6.26. The van der Waals surface area contributed by atoms with E-state index < -0.39 is 0 Å². The van der Waals surface area contributed by atoms with Gasteiger partial charge in [0.15, 0.2) is 5.78 Å². The first kappa shape index (κ1) is 13.6. The van der Waals surface area contributed by atoms with E-state index in [1.165, 1.54) is 11.1 Å². The monoisotopic (exact) mass is 256 g/mol. The Morgan fingerprint density at radius 3 is 2.37 bits per heavy atom. The zero-order valence-corrected chi connectivity index (χ0v) is 11.8. The standard InChI is InChI=1S/C17H20O2/c1-4-12-7-8-14(11-13(12)5-2)17(18)15-9-10-19-16(15)6-3/h7-11H,4-6H2,1-3H3. The highest BCUT2D eigenvalue weighted by Crippen LogP contribution is 2.20. The van der Waals surface area contributed by atoms with Crippen LogP contribution in [0.1, 0.15) is 53.6 Å². The molecule has 2 nitrogen and oxygen atoms in total. The number of aryl methyl sites for hydroxylation is 3. The van der Waals surface area contributed by atoms with Gasteiger partial charge in [0.1, 0.15) is 5.76 Å². The van der Waals surface area contributed by atoms with Gasteiger partial charge in [0.25, 0.3) is 0 Å². The lowest BCUT2D eigenvalue weighted by Crippen LogP contribution is -2.04. The number of hydrogen-bond donors (Lipinski definition) is 0. The van der Waals surface area contributed by atoms with E-state index in [1.54, 1.807) is 12.3 Å². The normalized spacial score (nSPS) is 10.7. The van der Waals surface area contributed by atoms with Crippen LogP contribution in [-0.2, 0) is 19.3 Å². The molecule has 2 rings (SSSR count). The van der Waals surface area contributed by atoms with Crippen LogP contribution >= 0.6 is 0 Å². The summed E-state index contributed by atoms with van der Waals surface area (Å²) in [6.07, 6.45) is 4.29. The minimum absolute atomic E-state index is 0.0583. The number of benzene rings is 1. The fourth-order valence-electron chi connectivity index (χ4n) is 2.41. The smallest absolute Gasteiger partial charge is 0.196 e. The molecule has 0 spiro atoms. The van der Waals surface area contributed by atoms with Crippen molar-refractivity contribution in [1.82, 2.24) is 0 Å². The Balaban J connectivity index is 2.39.